The molecule has 130 valence electrons. The van der Waals surface area contributed by atoms with E-state index in [2.05, 4.69) is 5.32 Å². The van der Waals surface area contributed by atoms with Crippen molar-refractivity contribution in [3.05, 3.63) is 59.9 Å². The van der Waals surface area contributed by atoms with E-state index in [1.807, 2.05) is 0 Å². The van der Waals surface area contributed by atoms with Gasteiger partial charge in [0, 0.05) is 0 Å². The van der Waals surface area contributed by atoms with Gasteiger partial charge in [0.1, 0.15) is 0 Å². The third kappa shape index (κ3) is 5.31. The number of benzene rings is 2. The first kappa shape index (κ1) is 17.9. The smallest absolute Gasteiger partial charge is 0.344 e. The Morgan fingerprint density at radius 2 is 1.68 bits per heavy atom. The molecule has 0 bridgehead atoms. The number of carbonyl (C=O) groups is 3. The van der Waals surface area contributed by atoms with Gasteiger partial charge in [-0.2, -0.15) is 0 Å². The van der Waals surface area contributed by atoms with Crippen LogP contribution in [0.5, 0.6) is 5.75 Å². The molecule has 2 aromatic carbocycles. The predicted octanol–water partition coefficient (Wildman–Crippen LogP) is 1.49. The van der Waals surface area contributed by atoms with Crippen LogP contribution in [0.25, 0.3) is 0 Å². The SMILES string of the molecule is NC(=O)c1ccccc1NC(=O)COC(=O)COc1ccccc1F. The number of halogens is 1. The number of esters is 1. The number of carbonyl (C=O) groups excluding carboxylic acids is 3. The Bertz CT molecular complexity index is 794. The summed E-state index contributed by atoms with van der Waals surface area (Å²) in [6, 6.07) is 11.7. The van der Waals surface area contributed by atoms with Gasteiger partial charge in [-0.3, -0.25) is 9.59 Å². The van der Waals surface area contributed by atoms with Crippen LogP contribution in [0.3, 0.4) is 0 Å². The van der Waals surface area contributed by atoms with E-state index in [4.69, 9.17) is 15.2 Å². The topological polar surface area (TPSA) is 108 Å². The number of nitrogens with two attached hydrogens (primary N) is 1. The summed E-state index contributed by atoms with van der Waals surface area (Å²) in [6.45, 7) is -1.14. The minimum Gasteiger partial charge on any atom is -0.479 e. The van der Waals surface area contributed by atoms with Gasteiger partial charge in [0.05, 0.1) is 11.3 Å². The highest BCUT2D eigenvalue weighted by atomic mass is 19.1. The van der Waals surface area contributed by atoms with Crippen LogP contribution in [0.2, 0.25) is 0 Å². The molecule has 2 amide bonds. The Hall–Kier alpha value is -3.42. The lowest BCUT2D eigenvalue weighted by molar-refractivity contribution is -0.149. The molecule has 0 fully saturated rings. The summed E-state index contributed by atoms with van der Waals surface area (Å²) >= 11 is 0. The highest BCUT2D eigenvalue weighted by Gasteiger charge is 2.13. The molecule has 0 spiro atoms. The Labute approximate surface area is 142 Å². The van der Waals surface area contributed by atoms with Gasteiger partial charge in [0.2, 0.25) is 0 Å². The van der Waals surface area contributed by atoms with Crippen LogP contribution in [0.1, 0.15) is 10.4 Å². The monoisotopic (exact) mass is 346 g/mol. The third-order valence-electron chi connectivity index (χ3n) is 3.01. The van der Waals surface area contributed by atoms with Crippen molar-refractivity contribution in [3.63, 3.8) is 0 Å². The summed E-state index contributed by atoms with van der Waals surface area (Å²) in [5, 5.41) is 2.41. The Kier molecular flexibility index (Phi) is 6.05. The van der Waals surface area contributed by atoms with E-state index in [0.29, 0.717) is 0 Å². The van der Waals surface area contributed by atoms with Crippen LogP contribution in [0.15, 0.2) is 48.5 Å². The average molecular weight is 346 g/mol. The number of ether oxygens (including phenoxy) is 2. The molecule has 0 unspecified atom stereocenters. The second-order valence-electron chi connectivity index (χ2n) is 4.84. The number of anilines is 1. The van der Waals surface area contributed by atoms with Gasteiger partial charge >= 0.3 is 5.97 Å². The van der Waals surface area contributed by atoms with Gasteiger partial charge in [0.25, 0.3) is 11.8 Å². The van der Waals surface area contributed by atoms with Gasteiger partial charge in [-0.05, 0) is 24.3 Å². The molecule has 0 aliphatic carbocycles. The number of hydrogen-bond donors (Lipinski definition) is 2. The maximum absolute atomic E-state index is 13.3. The van der Waals surface area contributed by atoms with Crippen LogP contribution >= 0.6 is 0 Å². The number of nitrogens with one attached hydrogen (secondary N) is 1. The maximum Gasteiger partial charge on any atom is 0.344 e. The van der Waals surface area contributed by atoms with Crippen molar-refractivity contribution in [3.8, 4) is 5.75 Å². The summed E-state index contributed by atoms with van der Waals surface area (Å²) in [7, 11) is 0. The van der Waals surface area contributed by atoms with Crippen LogP contribution in [-0.4, -0.2) is 31.0 Å². The molecule has 7 nitrogen and oxygen atoms in total. The normalized spacial score (nSPS) is 9.96. The molecule has 2 rings (SSSR count). The lowest BCUT2D eigenvalue weighted by atomic mass is 10.1. The molecule has 0 atom stereocenters. The van der Waals surface area contributed by atoms with Crippen molar-refractivity contribution in [2.45, 2.75) is 0 Å². The van der Waals surface area contributed by atoms with E-state index in [1.54, 1.807) is 18.2 Å². The van der Waals surface area contributed by atoms with Gasteiger partial charge < -0.3 is 20.5 Å². The van der Waals surface area contributed by atoms with Gasteiger partial charge in [-0.1, -0.05) is 24.3 Å². The minimum absolute atomic E-state index is 0.0979. The zero-order valence-corrected chi connectivity index (χ0v) is 13.0. The van der Waals surface area contributed by atoms with Crippen LogP contribution < -0.4 is 15.8 Å². The molecular weight excluding hydrogens is 331 g/mol. The highest BCUT2D eigenvalue weighted by Crippen LogP contribution is 2.15. The zero-order chi connectivity index (χ0) is 18.2. The molecule has 0 aromatic heterocycles. The van der Waals surface area contributed by atoms with Gasteiger partial charge in [-0.25, -0.2) is 9.18 Å². The van der Waals surface area contributed by atoms with Crippen molar-refractivity contribution in [2.24, 2.45) is 5.73 Å². The summed E-state index contributed by atoms with van der Waals surface area (Å²) in [6.07, 6.45) is 0. The standard InChI is InChI=1S/C17H15FN2O5/c18-12-6-2-4-8-14(12)24-10-16(22)25-9-15(21)20-13-7-3-1-5-11(13)17(19)23/h1-8H,9-10H2,(H2,19,23)(H,20,21). The van der Waals surface area contributed by atoms with Crippen molar-refractivity contribution >= 4 is 23.5 Å². The van der Waals surface area contributed by atoms with Crippen molar-refractivity contribution < 1.29 is 28.2 Å². The molecule has 25 heavy (non-hydrogen) atoms. The number of hydrogen-bond acceptors (Lipinski definition) is 5. The highest BCUT2D eigenvalue weighted by molar-refractivity contribution is 6.03. The lowest BCUT2D eigenvalue weighted by Gasteiger charge is -2.10. The van der Waals surface area contributed by atoms with Crippen LogP contribution in [-0.2, 0) is 14.3 Å². The second-order valence-corrected chi connectivity index (χ2v) is 4.84. The first-order valence-corrected chi connectivity index (χ1v) is 7.19. The summed E-state index contributed by atoms with van der Waals surface area (Å²) in [4.78, 5) is 34.6. The molecule has 0 saturated heterocycles. The van der Waals surface area contributed by atoms with Gasteiger partial charge in [0.15, 0.2) is 24.8 Å². The molecule has 8 heteroatoms. The first-order chi connectivity index (χ1) is 12.0. The Balaban J connectivity index is 1.81. The van der Waals surface area contributed by atoms with E-state index in [1.165, 1.54) is 30.3 Å². The Morgan fingerprint density at radius 3 is 2.40 bits per heavy atom. The fourth-order valence-corrected chi connectivity index (χ4v) is 1.88. The van der Waals surface area contributed by atoms with E-state index >= 15 is 0 Å². The van der Waals surface area contributed by atoms with Gasteiger partial charge in [-0.15, -0.1) is 0 Å². The maximum atomic E-state index is 13.3. The van der Waals surface area contributed by atoms with E-state index in [9.17, 15) is 18.8 Å². The fraction of sp³-hybridized carbons (Fsp3) is 0.118. The van der Waals surface area contributed by atoms with E-state index in [0.717, 1.165) is 0 Å². The molecular formula is C17H15FN2O5. The second kappa shape index (κ2) is 8.44. The quantitative estimate of drug-likeness (QED) is 0.739. The Morgan fingerprint density at radius 1 is 1.00 bits per heavy atom. The molecule has 0 heterocycles. The molecule has 2 aromatic rings. The van der Waals surface area contributed by atoms with Crippen LogP contribution in [0, 0.1) is 5.82 Å². The average Bonchev–Trinajstić information content (AvgIpc) is 2.59. The van der Waals surface area contributed by atoms with Crippen molar-refractivity contribution in [1.29, 1.82) is 0 Å². The van der Waals surface area contributed by atoms with Crippen molar-refractivity contribution in [1.82, 2.24) is 0 Å². The summed E-state index contributed by atoms with van der Waals surface area (Å²) in [5.74, 6) is -2.92. The molecule has 0 aliphatic heterocycles. The molecule has 0 aliphatic rings. The minimum atomic E-state index is -0.846. The lowest BCUT2D eigenvalue weighted by Crippen LogP contribution is -2.25. The van der Waals surface area contributed by atoms with Crippen molar-refractivity contribution in [2.75, 3.05) is 18.5 Å². The number of primary amides is 1. The predicted molar refractivity (Wildman–Crippen MR) is 86.4 cm³/mol. The van der Waals surface area contributed by atoms with Crippen LogP contribution in [0.4, 0.5) is 10.1 Å². The molecule has 0 saturated carbocycles. The number of para-hydroxylation sites is 2. The van der Waals surface area contributed by atoms with E-state index < -0.39 is 36.8 Å². The summed E-state index contributed by atoms with van der Waals surface area (Å²) in [5.41, 5.74) is 5.53. The third-order valence-corrected chi connectivity index (χ3v) is 3.01. The largest absolute Gasteiger partial charge is 0.479 e. The number of rotatable bonds is 7. The zero-order valence-electron chi connectivity index (χ0n) is 13.0. The van der Waals surface area contributed by atoms with E-state index in [-0.39, 0.29) is 17.0 Å². The fourth-order valence-electron chi connectivity index (χ4n) is 1.88. The molecule has 0 radical (unpaired) electrons. The number of amides is 2. The summed E-state index contributed by atoms with van der Waals surface area (Å²) < 4.78 is 23.0. The molecule has 3 N–H and O–H groups in total. The first-order valence-electron chi connectivity index (χ1n) is 7.19.